The lowest BCUT2D eigenvalue weighted by Crippen LogP contribution is -2.03. The Morgan fingerprint density at radius 1 is 1.22 bits per heavy atom. The van der Waals surface area contributed by atoms with E-state index in [0.29, 0.717) is 5.56 Å². The highest BCUT2D eigenvalue weighted by atomic mass is 16.1. The molecule has 0 radical (unpaired) electrons. The van der Waals surface area contributed by atoms with Crippen molar-refractivity contribution in [2.45, 2.75) is 20.8 Å². The van der Waals surface area contributed by atoms with Crippen molar-refractivity contribution < 1.29 is 4.79 Å². The first kappa shape index (κ1) is 14.8. The summed E-state index contributed by atoms with van der Waals surface area (Å²) in [6, 6.07) is 9.62. The summed E-state index contributed by atoms with van der Waals surface area (Å²) in [4.78, 5) is 16.1. The van der Waals surface area contributed by atoms with E-state index in [-0.39, 0.29) is 11.4 Å². The highest BCUT2D eigenvalue weighted by Gasteiger charge is 2.20. The monoisotopic (exact) mass is 304 g/mol. The molecule has 0 aliphatic heterocycles. The van der Waals surface area contributed by atoms with E-state index in [4.69, 9.17) is 0 Å². The minimum absolute atomic E-state index is 0.102. The molecule has 0 aliphatic carbocycles. The summed E-state index contributed by atoms with van der Waals surface area (Å²) in [5.41, 5.74) is 4.68. The van der Waals surface area contributed by atoms with Crippen molar-refractivity contribution in [2.24, 2.45) is 0 Å². The first-order valence-electron chi connectivity index (χ1n) is 7.28. The quantitative estimate of drug-likeness (QED) is 0.440. The van der Waals surface area contributed by atoms with E-state index < -0.39 is 0 Å². The number of carbonyl (C=O) groups is 1. The number of nitrogens with zero attached hydrogens (tertiary/aromatic N) is 2. The zero-order valence-electron chi connectivity index (χ0n) is 13.2. The lowest BCUT2D eigenvalue weighted by Gasteiger charge is -2.01. The number of fused-ring (bicyclic) bond motifs is 1. The molecule has 2 aromatic heterocycles. The Labute approximate surface area is 133 Å². The summed E-state index contributed by atoms with van der Waals surface area (Å²) in [5, 5.41) is 17.2. The fourth-order valence-corrected chi connectivity index (χ4v) is 2.77. The molecule has 0 atom stereocenters. The van der Waals surface area contributed by atoms with Crippen molar-refractivity contribution in [3.05, 3.63) is 58.0 Å². The van der Waals surface area contributed by atoms with Gasteiger partial charge in [-0.05, 0) is 32.9 Å². The second kappa shape index (κ2) is 5.58. The van der Waals surface area contributed by atoms with Gasteiger partial charge in [0, 0.05) is 27.9 Å². The summed E-state index contributed by atoms with van der Waals surface area (Å²) in [5.74, 6) is -0.276. The van der Waals surface area contributed by atoms with Gasteiger partial charge in [-0.1, -0.05) is 18.2 Å². The minimum Gasteiger partial charge on any atom is -0.358 e. The van der Waals surface area contributed by atoms with Crippen LogP contribution in [0.3, 0.4) is 0 Å². The summed E-state index contributed by atoms with van der Waals surface area (Å²) < 4.78 is 0. The van der Waals surface area contributed by atoms with Crippen molar-refractivity contribution in [3.8, 4) is 6.07 Å². The van der Waals surface area contributed by atoms with Crippen LogP contribution < -0.4 is 0 Å². The molecular weight excluding hydrogens is 288 g/mol. The molecule has 0 unspecified atom stereocenters. The van der Waals surface area contributed by atoms with Gasteiger partial charge in [0.05, 0.1) is 11.3 Å². The van der Waals surface area contributed by atoms with Crippen LogP contribution in [0.25, 0.3) is 17.0 Å². The van der Waals surface area contributed by atoms with Gasteiger partial charge in [-0.2, -0.15) is 10.4 Å². The van der Waals surface area contributed by atoms with E-state index in [1.165, 1.54) is 0 Å². The average Bonchev–Trinajstić information content (AvgIpc) is 3.03. The van der Waals surface area contributed by atoms with Crippen LogP contribution in [0.1, 0.15) is 33.0 Å². The molecule has 0 bridgehead atoms. The fourth-order valence-electron chi connectivity index (χ4n) is 2.77. The Bertz CT molecular complexity index is 963. The molecule has 5 nitrogen and oxygen atoms in total. The molecule has 2 heterocycles. The summed E-state index contributed by atoms with van der Waals surface area (Å²) in [6.45, 7) is 5.55. The van der Waals surface area contributed by atoms with Gasteiger partial charge in [0.1, 0.15) is 11.6 Å². The number of benzene rings is 1. The smallest absolute Gasteiger partial charge is 0.205 e. The van der Waals surface area contributed by atoms with Crippen LogP contribution in [0.2, 0.25) is 0 Å². The van der Waals surface area contributed by atoms with Crippen molar-refractivity contribution >= 4 is 22.8 Å². The van der Waals surface area contributed by atoms with Crippen LogP contribution >= 0.6 is 0 Å². The van der Waals surface area contributed by atoms with Crippen LogP contribution in [0.15, 0.2) is 29.8 Å². The maximum absolute atomic E-state index is 12.9. The zero-order chi connectivity index (χ0) is 16.6. The molecule has 114 valence electrons. The Morgan fingerprint density at radius 2 is 1.96 bits per heavy atom. The normalized spacial score (nSPS) is 11.7. The number of Topliss-reactive ketones (excluding diaryl/α,β-unsaturated/α-hetero) is 1. The number of ketones is 1. The van der Waals surface area contributed by atoms with E-state index in [1.807, 2.05) is 51.1 Å². The first-order valence-corrected chi connectivity index (χ1v) is 7.28. The highest BCUT2D eigenvalue weighted by Crippen LogP contribution is 2.25. The number of nitrogens with one attached hydrogen (secondary N) is 2. The molecule has 5 heteroatoms. The predicted octanol–water partition coefficient (Wildman–Crippen LogP) is 3.61. The molecule has 0 fully saturated rings. The number of hydrogen-bond acceptors (Lipinski definition) is 3. The van der Waals surface area contributed by atoms with Crippen LogP contribution in [0, 0.1) is 32.1 Å². The molecular formula is C18H16N4O. The average molecular weight is 304 g/mol. The minimum atomic E-state index is -0.276. The standard InChI is InChI=1S/C18H16N4O/c1-10-15(11(2)22-21-10)8-13(9-19)18(23)17-12(3)20-16-7-5-4-6-14(16)17/h4-8,20H,1-3H3,(H,21,22)/b13-8-. The number of rotatable bonds is 3. The van der Waals surface area contributed by atoms with E-state index in [9.17, 15) is 10.1 Å². The van der Waals surface area contributed by atoms with E-state index in [0.717, 1.165) is 33.5 Å². The third-order valence-corrected chi connectivity index (χ3v) is 3.96. The maximum atomic E-state index is 12.9. The molecule has 2 N–H and O–H groups in total. The van der Waals surface area contributed by atoms with E-state index >= 15 is 0 Å². The molecule has 0 aliphatic rings. The third-order valence-electron chi connectivity index (χ3n) is 3.96. The first-order chi connectivity index (χ1) is 11.0. The number of hydrogen-bond donors (Lipinski definition) is 2. The molecule has 0 saturated heterocycles. The number of aromatic nitrogens is 3. The number of para-hydroxylation sites is 1. The Balaban J connectivity index is 2.14. The Kier molecular flexibility index (Phi) is 3.59. The lowest BCUT2D eigenvalue weighted by molar-refractivity contribution is 0.104. The van der Waals surface area contributed by atoms with Crippen LogP contribution in [0.4, 0.5) is 0 Å². The number of aromatic amines is 2. The van der Waals surface area contributed by atoms with Crippen LogP contribution in [-0.4, -0.2) is 21.0 Å². The van der Waals surface area contributed by atoms with Gasteiger partial charge in [0.15, 0.2) is 0 Å². The van der Waals surface area contributed by atoms with Crippen molar-refractivity contribution in [1.82, 2.24) is 15.2 Å². The maximum Gasteiger partial charge on any atom is 0.205 e. The predicted molar refractivity (Wildman–Crippen MR) is 89.0 cm³/mol. The zero-order valence-corrected chi connectivity index (χ0v) is 13.2. The number of carbonyl (C=O) groups excluding carboxylic acids is 1. The molecule has 3 aromatic rings. The summed E-state index contributed by atoms with van der Waals surface area (Å²) in [6.07, 6.45) is 1.61. The van der Waals surface area contributed by atoms with Crippen LogP contribution in [-0.2, 0) is 0 Å². The molecule has 23 heavy (non-hydrogen) atoms. The van der Waals surface area contributed by atoms with Gasteiger partial charge in [0.25, 0.3) is 0 Å². The van der Waals surface area contributed by atoms with Gasteiger partial charge in [0.2, 0.25) is 5.78 Å². The number of allylic oxidation sites excluding steroid dienone is 1. The van der Waals surface area contributed by atoms with Gasteiger partial charge in [-0.15, -0.1) is 0 Å². The molecule has 1 aromatic carbocycles. The second-order valence-electron chi connectivity index (χ2n) is 5.52. The largest absolute Gasteiger partial charge is 0.358 e. The van der Waals surface area contributed by atoms with E-state index in [1.54, 1.807) is 6.08 Å². The lowest BCUT2D eigenvalue weighted by atomic mass is 9.99. The number of aryl methyl sites for hydroxylation is 3. The topological polar surface area (TPSA) is 85.3 Å². The van der Waals surface area contributed by atoms with Gasteiger partial charge >= 0.3 is 0 Å². The van der Waals surface area contributed by atoms with Crippen molar-refractivity contribution in [1.29, 1.82) is 5.26 Å². The Hall–Kier alpha value is -3.13. The fraction of sp³-hybridized carbons (Fsp3) is 0.167. The SMILES string of the molecule is Cc1n[nH]c(C)c1/C=C(/C#N)C(=O)c1c(C)[nH]c2ccccc12. The molecule has 0 saturated carbocycles. The number of H-pyrrole nitrogens is 2. The molecule has 0 amide bonds. The molecule has 3 rings (SSSR count). The summed E-state index contributed by atoms with van der Waals surface area (Å²) in [7, 11) is 0. The number of nitriles is 1. The van der Waals surface area contributed by atoms with Crippen molar-refractivity contribution in [2.75, 3.05) is 0 Å². The summed E-state index contributed by atoms with van der Waals surface area (Å²) >= 11 is 0. The van der Waals surface area contributed by atoms with Gasteiger partial charge in [-0.25, -0.2) is 0 Å². The second-order valence-corrected chi connectivity index (χ2v) is 5.52. The van der Waals surface area contributed by atoms with Crippen LogP contribution in [0.5, 0.6) is 0 Å². The van der Waals surface area contributed by atoms with E-state index in [2.05, 4.69) is 15.2 Å². The highest BCUT2D eigenvalue weighted by molar-refractivity contribution is 6.20. The third kappa shape index (κ3) is 2.44. The van der Waals surface area contributed by atoms with Gasteiger partial charge < -0.3 is 4.98 Å². The molecule has 0 spiro atoms. The Morgan fingerprint density at radius 3 is 2.61 bits per heavy atom. The van der Waals surface area contributed by atoms with Crippen molar-refractivity contribution in [3.63, 3.8) is 0 Å². The van der Waals surface area contributed by atoms with Gasteiger partial charge in [-0.3, -0.25) is 9.89 Å².